The second-order valence-corrected chi connectivity index (χ2v) is 11.4. The molecule has 1 rings (SSSR count). The molecule has 1 aromatic carbocycles. The van der Waals surface area contributed by atoms with Gasteiger partial charge in [-0.05, 0) is 42.8 Å². The first-order chi connectivity index (χ1) is 9.08. The van der Waals surface area contributed by atoms with Gasteiger partial charge in [0.2, 0.25) is 0 Å². The Bertz CT molecular complexity index is 458. The summed E-state index contributed by atoms with van der Waals surface area (Å²) < 4.78 is 11.0. The van der Waals surface area contributed by atoms with E-state index in [-0.39, 0.29) is 17.1 Å². The van der Waals surface area contributed by atoms with Crippen molar-refractivity contribution in [2.24, 2.45) is 0 Å². The summed E-state index contributed by atoms with van der Waals surface area (Å²) in [4.78, 5) is 11.4. The van der Waals surface area contributed by atoms with Gasteiger partial charge in [0, 0.05) is 0 Å². The van der Waals surface area contributed by atoms with Crippen molar-refractivity contribution < 1.29 is 14.0 Å². The molecule has 0 saturated heterocycles. The average molecular weight is 294 g/mol. The van der Waals surface area contributed by atoms with Crippen LogP contribution in [0, 0.1) is 0 Å². The lowest BCUT2D eigenvalue weighted by atomic mass is 10.1. The fraction of sp³-hybridized carbons (Fsp3) is 0.562. The molecule has 0 spiro atoms. The highest BCUT2D eigenvalue weighted by Crippen LogP contribution is 2.39. The van der Waals surface area contributed by atoms with Crippen molar-refractivity contribution in [3.63, 3.8) is 0 Å². The molecule has 0 heterocycles. The summed E-state index contributed by atoms with van der Waals surface area (Å²) in [6.45, 7) is 13.2. The van der Waals surface area contributed by atoms with Crippen LogP contribution < -0.4 is 0 Å². The zero-order valence-corrected chi connectivity index (χ0v) is 14.6. The van der Waals surface area contributed by atoms with Gasteiger partial charge < -0.3 is 9.16 Å². The second-order valence-electron chi connectivity index (χ2n) is 6.63. The van der Waals surface area contributed by atoms with Crippen LogP contribution in [0.5, 0.6) is 0 Å². The van der Waals surface area contributed by atoms with Gasteiger partial charge in [-0.2, -0.15) is 0 Å². The Labute approximate surface area is 123 Å². The summed E-state index contributed by atoms with van der Waals surface area (Å²) in [6.07, 6.45) is 0.0302. The van der Waals surface area contributed by atoms with Crippen molar-refractivity contribution in [1.82, 2.24) is 0 Å². The van der Waals surface area contributed by atoms with Crippen molar-refractivity contribution in [3.05, 3.63) is 35.4 Å². The average Bonchev–Trinajstić information content (AvgIpc) is 2.36. The first kappa shape index (κ1) is 16.9. The van der Waals surface area contributed by atoms with E-state index in [2.05, 4.69) is 40.8 Å². The lowest BCUT2D eigenvalue weighted by molar-refractivity contribution is 0.0600. The third-order valence-corrected chi connectivity index (χ3v) is 8.63. The Morgan fingerprint density at radius 2 is 1.65 bits per heavy atom. The first-order valence-corrected chi connectivity index (χ1v) is 9.85. The van der Waals surface area contributed by atoms with Gasteiger partial charge >= 0.3 is 5.97 Å². The molecule has 0 aliphatic heterocycles. The maximum absolute atomic E-state index is 11.4. The van der Waals surface area contributed by atoms with Gasteiger partial charge in [0.05, 0.1) is 18.8 Å². The van der Waals surface area contributed by atoms with Gasteiger partial charge in [-0.3, -0.25) is 0 Å². The smallest absolute Gasteiger partial charge is 0.337 e. The topological polar surface area (TPSA) is 35.5 Å². The molecule has 112 valence electrons. The number of rotatable bonds is 4. The fourth-order valence-electron chi connectivity index (χ4n) is 1.69. The summed E-state index contributed by atoms with van der Waals surface area (Å²) >= 11 is 0. The summed E-state index contributed by atoms with van der Waals surface area (Å²) in [5.41, 5.74) is 1.65. The van der Waals surface area contributed by atoms with Gasteiger partial charge in [-0.1, -0.05) is 32.9 Å². The molecule has 0 fully saturated rings. The fourth-order valence-corrected chi connectivity index (χ4v) is 3.07. The van der Waals surface area contributed by atoms with E-state index in [0.717, 1.165) is 5.56 Å². The molecule has 0 aromatic heterocycles. The number of carbonyl (C=O) groups is 1. The van der Waals surface area contributed by atoms with Gasteiger partial charge in [0.25, 0.3) is 0 Å². The molecule has 0 bridgehead atoms. The molecule has 0 aliphatic carbocycles. The number of benzene rings is 1. The van der Waals surface area contributed by atoms with E-state index in [0.29, 0.717) is 5.56 Å². The zero-order chi connectivity index (χ0) is 15.6. The highest BCUT2D eigenvalue weighted by Gasteiger charge is 2.38. The van der Waals surface area contributed by atoms with Crippen LogP contribution in [0.2, 0.25) is 18.1 Å². The van der Waals surface area contributed by atoms with E-state index in [1.165, 1.54) is 7.11 Å². The minimum absolute atomic E-state index is 0.0302. The highest BCUT2D eigenvalue weighted by atomic mass is 28.4. The Kier molecular flexibility index (Phi) is 5.16. The SMILES string of the molecule is COC(=O)c1ccc(C(C)O[Si](C)(C)C(C)(C)C)cc1. The minimum atomic E-state index is -1.78. The number of ether oxygens (including phenoxy) is 1. The molecule has 0 radical (unpaired) electrons. The molecule has 1 atom stereocenters. The third kappa shape index (κ3) is 3.93. The van der Waals surface area contributed by atoms with Crippen LogP contribution in [0.1, 0.15) is 49.7 Å². The maximum atomic E-state index is 11.4. The van der Waals surface area contributed by atoms with E-state index in [1.54, 1.807) is 12.1 Å². The Hall–Kier alpha value is -1.13. The van der Waals surface area contributed by atoms with Crippen molar-refractivity contribution in [2.75, 3.05) is 7.11 Å². The number of esters is 1. The van der Waals surface area contributed by atoms with E-state index < -0.39 is 8.32 Å². The molecular formula is C16H26O3Si. The third-order valence-electron chi connectivity index (χ3n) is 4.08. The van der Waals surface area contributed by atoms with Gasteiger partial charge in [0.15, 0.2) is 8.32 Å². The number of hydrogen-bond donors (Lipinski definition) is 0. The van der Waals surface area contributed by atoms with E-state index in [1.807, 2.05) is 12.1 Å². The van der Waals surface area contributed by atoms with Crippen LogP contribution in [0.4, 0.5) is 0 Å². The zero-order valence-electron chi connectivity index (χ0n) is 13.6. The summed E-state index contributed by atoms with van der Waals surface area (Å²) in [5, 5.41) is 0.188. The van der Waals surface area contributed by atoms with Crippen LogP contribution in [-0.4, -0.2) is 21.4 Å². The summed E-state index contributed by atoms with van der Waals surface area (Å²) in [6, 6.07) is 7.44. The lowest BCUT2D eigenvalue weighted by Gasteiger charge is -2.38. The van der Waals surface area contributed by atoms with Crippen LogP contribution in [0.3, 0.4) is 0 Å². The molecular weight excluding hydrogens is 268 g/mol. The molecule has 0 amide bonds. The molecule has 0 aliphatic rings. The molecule has 3 nitrogen and oxygen atoms in total. The normalized spacial score (nSPS) is 13.9. The highest BCUT2D eigenvalue weighted by molar-refractivity contribution is 6.74. The number of methoxy groups -OCH3 is 1. The van der Waals surface area contributed by atoms with Crippen LogP contribution in [0.25, 0.3) is 0 Å². The predicted molar refractivity (Wildman–Crippen MR) is 84.5 cm³/mol. The molecule has 1 unspecified atom stereocenters. The Morgan fingerprint density at radius 1 is 1.15 bits per heavy atom. The van der Waals surface area contributed by atoms with Gasteiger partial charge in [-0.15, -0.1) is 0 Å². The maximum Gasteiger partial charge on any atom is 0.337 e. The molecule has 4 heteroatoms. The first-order valence-electron chi connectivity index (χ1n) is 6.94. The van der Waals surface area contributed by atoms with Crippen molar-refractivity contribution in [1.29, 1.82) is 0 Å². The standard InChI is InChI=1S/C16H26O3Si/c1-12(19-20(6,7)16(2,3)4)13-8-10-14(11-9-13)15(17)18-5/h8-12H,1-7H3. The van der Waals surface area contributed by atoms with E-state index in [4.69, 9.17) is 9.16 Å². The van der Waals surface area contributed by atoms with Gasteiger partial charge in [0.1, 0.15) is 0 Å². The van der Waals surface area contributed by atoms with Gasteiger partial charge in [-0.25, -0.2) is 4.79 Å². The second kappa shape index (κ2) is 6.10. The van der Waals surface area contributed by atoms with Crippen LogP contribution in [0.15, 0.2) is 24.3 Å². The molecule has 20 heavy (non-hydrogen) atoms. The largest absolute Gasteiger partial charge is 0.465 e. The quantitative estimate of drug-likeness (QED) is 0.603. The summed E-state index contributed by atoms with van der Waals surface area (Å²) in [5.74, 6) is -0.311. The van der Waals surface area contributed by atoms with E-state index >= 15 is 0 Å². The van der Waals surface area contributed by atoms with Crippen molar-refractivity contribution in [3.8, 4) is 0 Å². The number of hydrogen-bond acceptors (Lipinski definition) is 3. The molecule has 0 saturated carbocycles. The van der Waals surface area contributed by atoms with Crippen molar-refractivity contribution >= 4 is 14.3 Å². The number of carbonyl (C=O) groups excluding carboxylic acids is 1. The lowest BCUT2D eigenvalue weighted by Crippen LogP contribution is -2.41. The van der Waals surface area contributed by atoms with Crippen molar-refractivity contribution in [2.45, 2.75) is 51.9 Å². The Morgan fingerprint density at radius 3 is 2.05 bits per heavy atom. The minimum Gasteiger partial charge on any atom is -0.465 e. The van der Waals surface area contributed by atoms with Crippen LogP contribution in [-0.2, 0) is 9.16 Å². The van der Waals surface area contributed by atoms with E-state index in [9.17, 15) is 4.79 Å². The predicted octanol–water partition coefficient (Wildman–Crippen LogP) is 4.56. The Balaban J connectivity index is 2.83. The molecule has 1 aromatic rings. The monoisotopic (exact) mass is 294 g/mol. The summed E-state index contributed by atoms with van der Waals surface area (Å²) in [7, 11) is -0.396. The van der Waals surface area contributed by atoms with Crippen LogP contribution >= 0.6 is 0 Å². The molecule has 0 N–H and O–H groups in total.